The molecule has 2 heteroatoms. The summed E-state index contributed by atoms with van der Waals surface area (Å²) in [6, 6.07) is 16.0. The molecule has 0 bridgehead atoms. The van der Waals surface area contributed by atoms with E-state index in [-0.39, 0.29) is 0 Å². The molecule has 0 saturated heterocycles. The molecule has 1 aromatic heterocycles. The second-order valence-electron chi connectivity index (χ2n) is 3.91. The van der Waals surface area contributed by atoms with Gasteiger partial charge in [0.05, 0.1) is 22.7 Å². The topological polar surface area (TPSA) is 28.7 Å². The zero-order valence-electron chi connectivity index (χ0n) is 9.22. The average Bonchev–Trinajstić information content (AvgIpc) is 2.71. The lowest BCUT2D eigenvalue weighted by atomic mass is 10.1. The molecule has 17 heavy (non-hydrogen) atoms. The molecule has 0 aliphatic heterocycles. The van der Waals surface area contributed by atoms with Crippen molar-refractivity contribution in [2.75, 3.05) is 0 Å². The predicted molar refractivity (Wildman–Crippen MR) is 70.5 cm³/mol. The van der Waals surface area contributed by atoms with Crippen LogP contribution in [0, 0.1) is 11.3 Å². The molecule has 0 radical (unpaired) electrons. The first kappa shape index (κ1) is 9.68. The quantitative estimate of drug-likeness (QED) is 0.611. The maximum atomic E-state index is 8.96. The Bertz CT molecular complexity index is 773. The maximum Gasteiger partial charge on any atom is 0.0991 e. The molecule has 0 aliphatic rings. The molecule has 3 rings (SSSR count). The Morgan fingerprint density at radius 1 is 1.06 bits per heavy atom. The lowest BCUT2D eigenvalue weighted by molar-refractivity contribution is 1.30. The average molecular weight is 218 g/mol. The van der Waals surface area contributed by atoms with Crippen LogP contribution >= 0.6 is 0 Å². The van der Waals surface area contributed by atoms with Crippen LogP contribution in [-0.4, -0.2) is 4.57 Å². The first-order chi connectivity index (χ1) is 8.35. The molecule has 0 N–H and O–H groups in total. The minimum Gasteiger partial charge on any atom is -0.317 e. The van der Waals surface area contributed by atoms with Gasteiger partial charge in [0.1, 0.15) is 0 Å². The zero-order chi connectivity index (χ0) is 11.8. The summed E-state index contributed by atoms with van der Waals surface area (Å²) < 4.78 is 2.05. The van der Waals surface area contributed by atoms with Crippen LogP contribution in [0.2, 0.25) is 0 Å². The van der Waals surface area contributed by atoms with Crippen molar-refractivity contribution in [2.45, 2.75) is 0 Å². The molecule has 0 fully saturated rings. The Morgan fingerprint density at radius 3 is 2.59 bits per heavy atom. The maximum absolute atomic E-state index is 8.96. The molecule has 2 aromatic carbocycles. The van der Waals surface area contributed by atoms with Gasteiger partial charge in [-0.15, -0.1) is 0 Å². The number of nitriles is 1. The lowest BCUT2D eigenvalue weighted by Crippen LogP contribution is -1.83. The van der Waals surface area contributed by atoms with Gasteiger partial charge in [0.15, 0.2) is 0 Å². The molecule has 0 atom stereocenters. The molecule has 0 amide bonds. The van der Waals surface area contributed by atoms with Crippen LogP contribution in [0.15, 0.2) is 49.0 Å². The van der Waals surface area contributed by atoms with Crippen LogP contribution in [-0.2, 0) is 0 Å². The van der Waals surface area contributed by atoms with Crippen LogP contribution in [0.5, 0.6) is 0 Å². The Balaban J connectivity index is 2.59. The van der Waals surface area contributed by atoms with E-state index in [9.17, 15) is 0 Å². The summed E-state index contributed by atoms with van der Waals surface area (Å²) in [7, 11) is 0. The molecule has 3 aromatic rings. The van der Waals surface area contributed by atoms with E-state index in [4.69, 9.17) is 5.26 Å². The third-order valence-electron chi connectivity index (χ3n) is 3.02. The van der Waals surface area contributed by atoms with Gasteiger partial charge >= 0.3 is 0 Å². The van der Waals surface area contributed by atoms with Crippen molar-refractivity contribution >= 4 is 28.0 Å². The highest BCUT2D eigenvalue weighted by Crippen LogP contribution is 2.29. The van der Waals surface area contributed by atoms with Crippen molar-refractivity contribution in [1.82, 2.24) is 4.57 Å². The zero-order valence-corrected chi connectivity index (χ0v) is 9.22. The van der Waals surface area contributed by atoms with Crippen molar-refractivity contribution in [3.63, 3.8) is 0 Å². The van der Waals surface area contributed by atoms with E-state index < -0.39 is 0 Å². The highest BCUT2D eigenvalue weighted by Gasteiger charge is 2.08. The number of nitrogens with zero attached hydrogens (tertiary/aromatic N) is 2. The number of benzene rings is 2. The van der Waals surface area contributed by atoms with Crippen molar-refractivity contribution in [3.8, 4) is 6.07 Å². The number of hydrogen-bond acceptors (Lipinski definition) is 1. The highest BCUT2D eigenvalue weighted by molar-refractivity contribution is 6.09. The number of hydrogen-bond donors (Lipinski definition) is 0. The number of fused-ring (bicyclic) bond motifs is 3. The third-order valence-corrected chi connectivity index (χ3v) is 3.02. The van der Waals surface area contributed by atoms with Gasteiger partial charge in [0, 0.05) is 17.0 Å². The summed E-state index contributed by atoms with van der Waals surface area (Å²) in [5, 5.41) is 11.2. The van der Waals surface area contributed by atoms with Crippen molar-refractivity contribution < 1.29 is 0 Å². The predicted octanol–water partition coefficient (Wildman–Crippen LogP) is 3.77. The van der Waals surface area contributed by atoms with Gasteiger partial charge in [-0.25, -0.2) is 0 Å². The monoisotopic (exact) mass is 218 g/mol. The molecule has 1 heterocycles. The number of para-hydroxylation sites is 1. The van der Waals surface area contributed by atoms with Gasteiger partial charge < -0.3 is 4.57 Å². The van der Waals surface area contributed by atoms with Gasteiger partial charge in [0.25, 0.3) is 0 Å². The molecule has 0 saturated carbocycles. The van der Waals surface area contributed by atoms with Gasteiger partial charge in [-0.2, -0.15) is 5.26 Å². The summed E-state index contributed by atoms with van der Waals surface area (Å²) in [5.74, 6) is 0. The molecule has 0 aliphatic carbocycles. The largest absolute Gasteiger partial charge is 0.317 e. The van der Waals surface area contributed by atoms with Crippen molar-refractivity contribution in [3.05, 3.63) is 54.6 Å². The van der Waals surface area contributed by atoms with Crippen LogP contribution in [0.25, 0.3) is 28.0 Å². The van der Waals surface area contributed by atoms with Crippen LogP contribution in [0.3, 0.4) is 0 Å². The van der Waals surface area contributed by atoms with Crippen LogP contribution in [0.4, 0.5) is 0 Å². The third kappa shape index (κ3) is 1.26. The molecule has 0 unspecified atom stereocenters. The van der Waals surface area contributed by atoms with Crippen molar-refractivity contribution in [2.24, 2.45) is 0 Å². The Morgan fingerprint density at radius 2 is 1.82 bits per heavy atom. The summed E-state index contributed by atoms with van der Waals surface area (Å²) in [5.41, 5.74) is 2.89. The fourth-order valence-electron chi connectivity index (χ4n) is 2.27. The summed E-state index contributed by atoms with van der Waals surface area (Å²) >= 11 is 0. The fraction of sp³-hybridized carbons (Fsp3) is 0. The standard InChI is InChI=1S/C15H10N2/c1-2-17-14-6-4-3-5-12(14)13-9-11(10-16)7-8-15(13)17/h2-9H,1H2. The van der Waals surface area contributed by atoms with Gasteiger partial charge in [-0.3, -0.25) is 0 Å². The van der Waals surface area contributed by atoms with E-state index in [2.05, 4.69) is 24.8 Å². The fourth-order valence-corrected chi connectivity index (χ4v) is 2.27. The summed E-state index contributed by atoms with van der Waals surface area (Å²) in [4.78, 5) is 0. The van der Waals surface area contributed by atoms with Crippen molar-refractivity contribution in [1.29, 1.82) is 5.26 Å². The molecular formula is C15H10N2. The lowest BCUT2D eigenvalue weighted by Gasteiger charge is -1.98. The minimum atomic E-state index is 0.685. The second kappa shape index (κ2) is 3.50. The first-order valence-corrected chi connectivity index (χ1v) is 5.40. The molecule has 80 valence electrons. The van der Waals surface area contributed by atoms with Gasteiger partial charge in [-0.05, 0) is 24.3 Å². The van der Waals surface area contributed by atoms with E-state index in [0.717, 1.165) is 21.8 Å². The van der Waals surface area contributed by atoms with Crippen LogP contribution in [0.1, 0.15) is 5.56 Å². The summed E-state index contributed by atoms with van der Waals surface area (Å²) in [6.45, 7) is 3.84. The van der Waals surface area contributed by atoms with Gasteiger partial charge in [0.2, 0.25) is 0 Å². The normalized spacial score (nSPS) is 10.5. The Hall–Kier alpha value is -2.53. The van der Waals surface area contributed by atoms with E-state index in [1.165, 1.54) is 0 Å². The second-order valence-corrected chi connectivity index (χ2v) is 3.91. The van der Waals surface area contributed by atoms with E-state index >= 15 is 0 Å². The highest BCUT2D eigenvalue weighted by atomic mass is 14.9. The SMILES string of the molecule is C=Cn1c2ccccc2c2cc(C#N)ccc21. The Labute approximate surface area is 99.0 Å². The van der Waals surface area contributed by atoms with E-state index in [0.29, 0.717) is 5.56 Å². The van der Waals surface area contributed by atoms with E-state index in [1.54, 1.807) is 6.20 Å². The number of aromatic nitrogens is 1. The number of rotatable bonds is 1. The molecule has 2 nitrogen and oxygen atoms in total. The first-order valence-electron chi connectivity index (χ1n) is 5.40. The summed E-state index contributed by atoms with van der Waals surface area (Å²) in [6.07, 6.45) is 1.80. The van der Waals surface area contributed by atoms with E-state index in [1.807, 2.05) is 34.9 Å². The molecule has 0 spiro atoms. The smallest absolute Gasteiger partial charge is 0.0991 e. The molecular weight excluding hydrogens is 208 g/mol. The Kier molecular flexibility index (Phi) is 1.99. The van der Waals surface area contributed by atoms with Gasteiger partial charge in [-0.1, -0.05) is 24.8 Å². The minimum absolute atomic E-state index is 0.685. The van der Waals surface area contributed by atoms with Crippen LogP contribution < -0.4 is 0 Å².